The van der Waals surface area contributed by atoms with E-state index in [1.165, 1.54) is 0 Å². The molecule has 326 valence electrons. The van der Waals surface area contributed by atoms with E-state index in [9.17, 15) is 13.5 Å². The van der Waals surface area contributed by atoms with Crippen LogP contribution in [0.1, 0.15) is 99.8 Å². The third-order valence-electron chi connectivity index (χ3n) is 13.8. The molecule has 3 heterocycles. The largest absolute Gasteiger partial charge is 0.414 e. The highest BCUT2D eigenvalue weighted by atomic mass is 32.2. The summed E-state index contributed by atoms with van der Waals surface area (Å²) >= 11 is 0. The molecule has 0 saturated carbocycles. The first kappa shape index (κ1) is 48.5. The fourth-order valence-electron chi connectivity index (χ4n) is 8.08. The zero-order chi connectivity index (χ0) is 42.6. The van der Waals surface area contributed by atoms with E-state index in [4.69, 9.17) is 27.8 Å². The average Bonchev–Trinajstić information content (AvgIpc) is 3.63. The summed E-state index contributed by atoms with van der Waals surface area (Å²) < 4.78 is 68.6. The maximum Gasteiger partial charge on any atom is 0.192 e. The van der Waals surface area contributed by atoms with Crippen molar-refractivity contribution < 1.29 is 41.3 Å². The molecule has 4 rings (SSSR count). The molecule has 0 radical (unpaired) electrons. The zero-order valence-electron chi connectivity index (χ0n) is 37.5. The molecule has 1 aromatic carbocycles. The standard InChI is InChI=1S/C45H78O9SSi2/c1-31-25-35(22-23-39-32(2)26-34(51-39)19-18-24-46)52-40(33(31)3)28-41-38(30-55(47,48)37-20-16-15-17-21-37)43(49-10)42(53-41)27-36(54-57(13,14)45(7,8)9)29-50-56(11,12)44(4,5)6/h15-17,20-21,31,34-36,38-43,46H,2-3,18-19,22-30H2,1,4-14H3/t31?,34?,35?,36?,38-,39?,40?,41?,42?,43?/m0/s1. The maximum absolute atomic E-state index is 14.1. The molecule has 0 spiro atoms. The third kappa shape index (κ3) is 12.7. The Morgan fingerprint density at radius 1 is 0.877 bits per heavy atom. The van der Waals surface area contributed by atoms with Crippen molar-refractivity contribution in [3.8, 4) is 0 Å². The fraction of sp³-hybridized carbons (Fsp3) is 0.778. The Balaban J connectivity index is 1.59. The van der Waals surface area contributed by atoms with Gasteiger partial charge in [-0.3, -0.25) is 0 Å². The van der Waals surface area contributed by atoms with E-state index in [1.54, 1.807) is 31.4 Å². The van der Waals surface area contributed by atoms with E-state index in [0.717, 1.165) is 49.7 Å². The number of sulfone groups is 1. The third-order valence-corrected chi connectivity index (χ3v) is 24.7. The van der Waals surface area contributed by atoms with E-state index in [0.29, 0.717) is 24.3 Å². The van der Waals surface area contributed by atoms with Crippen LogP contribution >= 0.6 is 0 Å². The summed E-state index contributed by atoms with van der Waals surface area (Å²) in [6.07, 6.45) is 4.12. The van der Waals surface area contributed by atoms with E-state index in [2.05, 4.69) is 87.8 Å². The quantitative estimate of drug-likeness (QED) is 0.108. The number of hydrogen-bond acceptors (Lipinski definition) is 9. The van der Waals surface area contributed by atoms with Gasteiger partial charge in [0.1, 0.15) is 0 Å². The molecule has 1 N–H and O–H groups in total. The van der Waals surface area contributed by atoms with Crippen molar-refractivity contribution in [1.29, 1.82) is 0 Å². The van der Waals surface area contributed by atoms with Gasteiger partial charge in [0.2, 0.25) is 0 Å². The Kier molecular flexibility index (Phi) is 16.7. The summed E-state index contributed by atoms with van der Waals surface area (Å²) in [5.74, 6) is -0.324. The summed E-state index contributed by atoms with van der Waals surface area (Å²) in [5, 5.41) is 9.32. The molecule has 1 aromatic rings. The number of hydrogen-bond donors (Lipinski definition) is 1. The van der Waals surface area contributed by atoms with E-state index < -0.39 is 50.7 Å². The summed E-state index contributed by atoms with van der Waals surface area (Å²) in [6, 6.07) is 8.68. The van der Waals surface area contributed by atoms with Crippen LogP contribution in [0.4, 0.5) is 0 Å². The van der Waals surface area contributed by atoms with Crippen LogP contribution in [0, 0.1) is 11.8 Å². The average molecular weight is 851 g/mol. The van der Waals surface area contributed by atoms with Crippen molar-refractivity contribution in [3.63, 3.8) is 0 Å². The van der Waals surface area contributed by atoms with Crippen molar-refractivity contribution in [2.75, 3.05) is 26.1 Å². The molecule has 3 aliphatic heterocycles. The lowest BCUT2D eigenvalue weighted by atomic mass is 9.83. The number of aliphatic hydroxyl groups is 1. The van der Waals surface area contributed by atoms with E-state index in [1.807, 2.05) is 6.07 Å². The summed E-state index contributed by atoms with van der Waals surface area (Å²) in [6.45, 7) is 34.2. The molecule has 0 aromatic heterocycles. The van der Waals surface area contributed by atoms with Crippen LogP contribution in [0.2, 0.25) is 36.3 Å². The van der Waals surface area contributed by atoms with Gasteiger partial charge in [-0.2, -0.15) is 0 Å². The van der Waals surface area contributed by atoms with Gasteiger partial charge in [0.25, 0.3) is 0 Å². The Labute approximate surface area is 348 Å². The van der Waals surface area contributed by atoms with Gasteiger partial charge < -0.3 is 32.9 Å². The predicted molar refractivity (Wildman–Crippen MR) is 235 cm³/mol. The molecule has 3 fully saturated rings. The normalized spacial score (nSPS) is 29.9. The smallest absolute Gasteiger partial charge is 0.192 e. The van der Waals surface area contributed by atoms with Crippen LogP contribution in [0.3, 0.4) is 0 Å². The van der Waals surface area contributed by atoms with Crippen LogP contribution in [0.15, 0.2) is 59.5 Å². The molecular formula is C45H78O9SSi2. The minimum absolute atomic E-state index is 0.000157. The number of ether oxygens (including phenoxy) is 4. The molecule has 0 amide bonds. The number of benzene rings is 1. The van der Waals surface area contributed by atoms with Crippen LogP contribution in [-0.4, -0.2) is 105 Å². The van der Waals surface area contributed by atoms with Crippen LogP contribution in [0.5, 0.6) is 0 Å². The highest BCUT2D eigenvalue weighted by Crippen LogP contribution is 2.44. The summed E-state index contributed by atoms with van der Waals surface area (Å²) in [5.41, 5.74) is 2.14. The minimum atomic E-state index is -3.68. The van der Waals surface area contributed by atoms with Crippen molar-refractivity contribution in [2.24, 2.45) is 11.8 Å². The second-order valence-corrected chi connectivity index (χ2v) is 31.8. The van der Waals surface area contributed by atoms with Crippen LogP contribution in [-0.2, 0) is 37.6 Å². The fourth-order valence-corrected chi connectivity index (χ4v) is 12.1. The Morgan fingerprint density at radius 3 is 2.11 bits per heavy atom. The number of methoxy groups -OCH3 is 1. The Bertz CT molecular complexity index is 1570. The first-order valence-corrected chi connectivity index (χ1v) is 28.9. The van der Waals surface area contributed by atoms with Gasteiger partial charge in [0.15, 0.2) is 26.5 Å². The van der Waals surface area contributed by atoms with E-state index in [-0.39, 0.29) is 58.9 Å². The molecule has 57 heavy (non-hydrogen) atoms. The van der Waals surface area contributed by atoms with Crippen molar-refractivity contribution in [3.05, 3.63) is 54.6 Å². The molecule has 12 heteroatoms. The molecule has 9 unspecified atom stereocenters. The molecular weight excluding hydrogens is 773 g/mol. The lowest BCUT2D eigenvalue weighted by Crippen LogP contribution is -2.49. The van der Waals surface area contributed by atoms with Crippen molar-refractivity contribution >= 4 is 26.5 Å². The molecule has 0 aliphatic carbocycles. The zero-order valence-corrected chi connectivity index (χ0v) is 40.3. The summed E-state index contributed by atoms with van der Waals surface area (Å²) in [7, 11) is -6.35. The molecule has 0 bridgehead atoms. The first-order chi connectivity index (χ1) is 26.4. The Morgan fingerprint density at radius 2 is 1.51 bits per heavy atom. The van der Waals surface area contributed by atoms with E-state index >= 15 is 0 Å². The topological polar surface area (TPSA) is 110 Å². The van der Waals surface area contributed by atoms with Gasteiger partial charge in [0.05, 0.1) is 66.1 Å². The molecule has 10 atom stereocenters. The molecule has 3 saturated heterocycles. The lowest BCUT2D eigenvalue weighted by Gasteiger charge is -2.42. The first-order valence-electron chi connectivity index (χ1n) is 21.4. The van der Waals surface area contributed by atoms with Gasteiger partial charge in [-0.1, -0.05) is 79.8 Å². The maximum atomic E-state index is 14.1. The van der Waals surface area contributed by atoms with Gasteiger partial charge in [-0.25, -0.2) is 8.42 Å². The highest BCUT2D eigenvalue weighted by molar-refractivity contribution is 7.91. The van der Waals surface area contributed by atoms with Gasteiger partial charge >= 0.3 is 0 Å². The number of aliphatic hydroxyl groups excluding tert-OH is 1. The van der Waals surface area contributed by atoms with Gasteiger partial charge in [-0.05, 0) is 104 Å². The Hall–Kier alpha value is -1.20. The minimum Gasteiger partial charge on any atom is -0.414 e. The summed E-state index contributed by atoms with van der Waals surface area (Å²) in [4.78, 5) is 0.297. The highest BCUT2D eigenvalue weighted by Gasteiger charge is 2.50. The predicted octanol–water partition coefficient (Wildman–Crippen LogP) is 9.67. The second-order valence-electron chi connectivity index (χ2n) is 20.2. The van der Waals surface area contributed by atoms with Crippen LogP contribution < -0.4 is 0 Å². The number of rotatable bonds is 19. The molecule has 3 aliphatic rings. The molecule has 9 nitrogen and oxygen atoms in total. The van der Waals surface area contributed by atoms with Gasteiger partial charge in [-0.15, -0.1) is 0 Å². The SMILES string of the molecule is C=C1CC(CCCO)OC1CCC1CC(C)C(=C)C(CC2OC(CC(CO[Si](C)(C)C(C)(C)C)O[Si](C)(C)C(C)(C)C)C(OC)[C@H]2CS(=O)(=O)c2ccccc2)O1. The van der Waals surface area contributed by atoms with Crippen LogP contribution in [0.25, 0.3) is 0 Å². The monoisotopic (exact) mass is 850 g/mol. The van der Waals surface area contributed by atoms with Crippen molar-refractivity contribution in [2.45, 2.75) is 190 Å². The van der Waals surface area contributed by atoms with Crippen molar-refractivity contribution in [1.82, 2.24) is 0 Å². The van der Waals surface area contributed by atoms with Gasteiger partial charge in [0, 0.05) is 32.5 Å². The second kappa shape index (κ2) is 19.7. The lowest BCUT2D eigenvalue weighted by molar-refractivity contribution is -0.0782.